The third-order valence-corrected chi connectivity index (χ3v) is 3.78. The van der Waals surface area contributed by atoms with Gasteiger partial charge in [0.25, 0.3) is 0 Å². The van der Waals surface area contributed by atoms with Gasteiger partial charge in [-0.15, -0.1) is 0 Å². The lowest BCUT2D eigenvalue weighted by Gasteiger charge is -2.22. The Hall–Kier alpha value is -1.37. The summed E-state index contributed by atoms with van der Waals surface area (Å²) in [5.41, 5.74) is -0.109. The van der Waals surface area contributed by atoms with Crippen LogP contribution in [0.1, 0.15) is 33.0 Å². The molecular formula is C14H21BrN4O2. The second-order valence-corrected chi connectivity index (χ2v) is 7.00. The molecule has 1 saturated heterocycles. The van der Waals surface area contributed by atoms with E-state index in [0.29, 0.717) is 0 Å². The molecule has 1 aliphatic heterocycles. The largest absolute Gasteiger partial charge is 0.453 e. The maximum atomic E-state index is 11.3. The molecule has 1 unspecified atom stereocenters. The van der Waals surface area contributed by atoms with Crippen molar-refractivity contribution >= 4 is 27.8 Å². The van der Waals surface area contributed by atoms with E-state index in [4.69, 9.17) is 0 Å². The zero-order valence-corrected chi connectivity index (χ0v) is 14.4. The number of amides is 1. The van der Waals surface area contributed by atoms with Gasteiger partial charge in [0.05, 0.1) is 13.2 Å². The number of methoxy groups -OCH3 is 1. The fourth-order valence-corrected chi connectivity index (χ4v) is 2.59. The van der Waals surface area contributed by atoms with E-state index < -0.39 is 0 Å². The number of alkyl carbamates (subject to hydrolysis) is 1. The summed E-state index contributed by atoms with van der Waals surface area (Å²) in [6.07, 6.45) is 0.489. The van der Waals surface area contributed by atoms with Crippen LogP contribution in [-0.2, 0) is 10.2 Å². The zero-order chi connectivity index (χ0) is 15.6. The third-order valence-electron chi connectivity index (χ3n) is 3.37. The second-order valence-electron chi connectivity index (χ2n) is 6.19. The first-order chi connectivity index (χ1) is 9.79. The van der Waals surface area contributed by atoms with Crippen LogP contribution in [0.3, 0.4) is 0 Å². The summed E-state index contributed by atoms with van der Waals surface area (Å²) in [5, 5.41) is 2.83. The van der Waals surface area contributed by atoms with E-state index in [-0.39, 0.29) is 17.6 Å². The highest BCUT2D eigenvalue weighted by molar-refractivity contribution is 9.10. The van der Waals surface area contributed by atoms with Gasteiger partial charge in [-0.25, -0.2) is 14.8 Å². The van der Waals surface area contributed by atoms with E-state index in [2.05, 4.69) is 61.6 Å². The molecule has 0 aliphatic carbocycles. The molecule has 0 spiro atoms. The Morgan fingerprint density at radius 1 is 1.48 bits per heavy atom. The summed E-state index contributed by atoms with van der Waals surface area (Å²) in [6, 6.07) is 2.00. The molecule has 2 rings (SSSR count). The van der Waals surface area contributed by atoms with Crippen LogP contribution in [-0.4, -0.2) is 42.3 Å². The average molecular weight is 357 g/mol. The van der Waals surface area contributed by atoms with E-state index in [1.165, 1.54) is 7.11 Å². The molecule has 1 aromatic rings. The summed E-state index contributed by atoms with van der Waals surface area (Å²) >= 11 is 3.45. The SMILES string of the molecule is COC(=O)NC1CCN(c2cc(Br)nc(C(C)(C)C)n2)C1. The molecule has 2 heterocycles. The quantitative estimate of drug-likeness (QED) is 0.824. The maximum absolute atomic E-state index is 11.3. The van der Waals surface area contributed by atoms with Crippen molar-refractivity contribution in [3.63, 3.8) is 0 Å². The first-order valence-electron chi connectivity index (χ1n) is 6.94. The Kier molecular flexibility index (Phi) is 4.70. The molecule has 7 heteroatoms. The van der Waals surface area contributed by atoms with Gasteiger partial charge in [0.15, 0.2) is 0 Å². The molecule has 1 atom stereocenters. The molecule has 0 saturated carbocycles. The van der Waals surface area contributed by atoms with Crippen molar-refractivity contribution in [1.82, 2.24) is 15.3 Å². The summed E-state index contributed by atoms with van der Waals surface area (Å²) in [7, 11) is 1.37. The fourth-order valence-electron chi connectivity index (χ4n) is 2.21. The van der Waals surface area contributed by atoms with Crippen molar-refractivity contribution in [3.8, 4) is 0 Å². The first kappa shape index (κ1) is 16.0. The van der Waals surface area contributed by atoms with Gasteiger partial charge < -0.3 is 15.0 Å². The van der Waals surface area contributed by atoms with Crippen LogP contribution in [0.25, 0.3) is 0 Å². The Balaban J connectivity index is 2.13. The van der Waals surface area contributed by atoms with Crippen molar-refractivity contribution in [2.24, 2.45) is 0 Å². The molecule has 116 valence electrons. The molecule has 21 heavy (non-hydrogen) atoms. The molecule has 0 bridgehead atoms. The Labute approximate surface area is 133 Å². The molecule has 1 amide bonds. The van der Waals surface area contributed by atoms with Crippen molar-refractivity contribution in [3.05, 3.63) is 16.5 Å². The Morgan fingerprint density at radius 3 is 2.81 bits per heavy atom. The number of ether oxygens (including phenoxy) is 1. The van der Waals surface area contributed by atoms with E-state index in [9.17, 15) is 4.79 Å². The van der Waals surface area contributed by atoms with E-state index in [1.807, 2.05) is 6.07 Å². The molecule has 1 aliphatic rings. The molecular weight excluding hydrogens is 336 g/mol. The third kappa shape index (κ3) is 4.06. The predicted octanol–water partition coefficient (Wildman–Crippen LogP) is 2.47. The molecule has 1 aromatic heterocycles. The maximum Gasteiger partial charge on any atom is 0.407 e. The molecule has 1 N–H and O–H groups in total. The van der Waals surface area contributed by atoms with Crippen LogP contribution >= 0.6 is 15.9 Å². The van der Waals surface area contributed by atoms with Crippen molar-refractivity contribution in [2.75, 3.05) is 25.1 Å². The lowest BCUT2D eigenvalue weighted by atomic mass is 9.96. The second kappa shape index (κ2) is 6.17. The number of nitrogens with one attached hydrogen (secondary N) is 1. The number of hydrogen-bond acceptors (Lipinski definition) is 5. The molecule has 6 nitrogen and oxygen atoms in total. The van der Waals surface area contributed by atoms with Crippen molar-refractivity contribution in [2.45, 2.75) is 38.6 Å². The summed E-state index contributed by atoms with van der Waals surface area (Å²) < 4.78 is 5.41. The van der Waals surface area contributed by atoms with E-state index in [1.54, 1.807) is 0 Å². The first-order valence-corrected chi connectivity index (χ1v) is 7.73. The number of hydrogen-bond donors (Lipinski definition) is 1. The number of carbonyl (C=O) groups excluding carboxylic acids is 1. The van der Waals surface area contributed by atoms with Gasteiger partial charge in [-0.2, -0.15) is 0 Å². The van der Waals surface area contributed by atoms with Crippen LogP contribution in [0.15, 0.2) is 10.7 Å². The minimum absolute atomic E-state index is 0.0873. The zero-order valence-electron chi connectivity index (χ0n) is 12.8. The highest BCUT2D eigenvalue weighted by atomic mass is 79.9. The summed E-state index contributed by atoms with van der Waals surface area (Å²) in [4.78, 5) is 22.5. The predicted molar refractivity (Wildman–Crippen MR) is 84.6 cm³/mol. The van der Waals surface area contributed by atoms with Crippen LogP contribution in [0.4, 0.5) is 10.6 Å². The standard InChI is InChI=1S/C14H21BrN4O2/c1-14(2,3)12-17-10(15)7-11(18-12)19-6-5-9(8-19)16-13(20)21-4/h7,9H,5-6,8H2,1-4H3,(H,16,20). The number of nitrogens with zero attached hydrogens (tertiary/aromatic N) is 3. The summed E-state index contributed by atoms with van der Waals surface area (Å²) in [6.45, 7) is 7.84. The van der Waals surface area contributed by atoms with Gasteiger partial charge in [0, 0.05) is 24.6 Å². The van der Waals surface area contributed by atoms with Crippen LogP contribution in [0.2, 0.25) is 0 Å². The lowest BCUT2D eigenvalue weighted by Crippen LogP contribution is -2.37. The fraction of sp³-hybridized carbons (Fsp3) is 0.643. The Morgan fingerprint density at radius 2 is 2.19 bits per heavy atom. The number of anilines is 1. The van der Waals surface area contributed by atoms with Gasteiger partial charge in [-0.1, -0.05) is 20.8 Å². The average Bonchev–Trinajstić information content (AvgIpc) is 2.85. The van der Waals surface area contributed by atoms with Crippen LogP contribution in [0, 0.1) is 0 Å². The molecule has 0 radical (unpaired) electrons. The number of carbonyl (C=O) groups is 1. The van der Waals surface area contributed by atoms with Crippen LogP contribution in [0.5, 0.6) is 0 Å². The van der Waals surface area contributed by atoms with Crippen molar-refractivity contribution in [1.29, 1.82) is 0 Å². The normalized spacial score (nSPS) is 18.7. The minimum atomic E-state index is -0.388. The van der Waals surface area contributed by atoms with Gasteiger partial charge in [0.1, 0.15) is 16.2 Å². The minimum Gasteiger partial charge on any atom is -0.453 e. The van der Waals surface area contributed by atoms with Gasteiger partial charge in [0.2, 0.25) is 0 Å². The van der Waals surface area contributed by atoms with Gasteiger partial charge in [-0.3, -0.25) is 0 Å². The smallest absolute Gasteiger partial charge is 0.407 e. The van der Waals surface area contributed by atoms with E-state index >= 15 is 0 Å². The highest BCUT2D eigenvalue weighted by Gasteiger charge is 2.27. The highest BCUT2D eigenvalue weighted by Crippen LogP contribution is 2.26. The van der Waals surface area contributed by atoms with Crippen LogP contribution < -0.4 is 10.2 Å². The Bertz CT molecular complexity index is 530. The molecule has 1 fully saturated rings. The van der Waals surface area contributed by atoms with Crippen molar-refractivity contribution < 1.29 is 9.53 Å². The number of halogens is 1. The number of aromatic nitrogens is 2. The summed E-state index contributed by atoms with van der Waals surface area (Å²) in [5.74, 6) is 1.69. The number of rotatable bonds is 2. The molecule has 0 aromatic carbocycles. The van der Waals surface area contributed by atoms with Gasteiger partial charge >= 0.3 is 6.09 Å². The monoisotopic (exact) mass is 356 g/mol. The topological polar surface area (TPSA) is 67.3 Å². The van der Waals surface area contributed by atoms with Gasteiger partial charge in [-0.05, 0) is 22.4 Å². The lowest BCUT2D eigenvalue weighted by molar-refractivity contribution is 0.167. The van der Waals surface area contributed by atoms with E-state index in [0.717, 1.165) is 35.8 Å².